The zero-order valence-electron chi connectivity index (χ0n) is 6.13. The van der Waals surface area contributed by atoms with Gasteiger partial charge in [0.05, 0.1) is 0 Å². The van der Waals surface area contributed by atoms with Crippen molar-refractivity contribution in [3.63, 3.8) is 0 Å². The number of rotatable bonds is 1. The number of phenols is 3. The van der Waals surface area contributed by atoms with E-state index in [9.17, 15) is 13.0 Å². The lowest BCUT2D eigenvalue weighted by atomic mass is 10.3. The molecule has 6 nitrogen and oxygen atoms in total. The zero-order valence-corrected chi connectivity index (χ0v) is 6.95. The van der Waals surface area contributed by atoms with Gasteiger partial charge < -0.3 is 15.3 Å². The first-order chi connectivity index (χ1) is 5.84. The molecule has 0 aliphatic carbocycles. The van der Waals surface area contributed by atoms with Crippen molar-refractivity contribution in [2.24, 2.45) is 0 Å². The van der Waals surface area contributed by atoms with E-state index >= 15 is 0 Å². The molecule has 0 aliphatic rings. The molecule has 0 spiro atoms. The van der Waals surface area contributed by atoms with Gasteiger partial charge in [-0.25, -0.2) is 0 Å². The smallest absolute Gasteiger partial charge is 0.328 e. The zero-order chi connectivity index (χ0) is 10.2. The van der Waals surface area contributed by atoms with Crippen LogP contribution in [0.15, 0.2) is 17.0 Å². The van der Waals surface area contributed by atoms with Crippen LogP contribution >= 0.6 is 0 Å². The molecule has 0 saturated carbocycles. The van der Waals surface area contributed by atoms with Crippen LogP contribution < -0.4 is 0 Å². The fourth-order valence-electron chi connectivity index (χ4n) is 0.752. The summed E-state index contributed by atoms with van der Waals surface area (Å²) < 4.78 is 31.2. The lowest BCUT2D eigenvalue weighted by molar-refractivity contribution is 0.355. The number of benzene rings is 1. The van der Waals surface area contributed by atoms with Crippen LogP contribution in [0.2, 0.25) is 0 Å². The molecule has 0 saturated heterocycles. The van der Waals surface area contributed by atoms with Crippen molar-refractivity contribution in [3.05, 3.63) is 12.1 Å². The Bertz CT molecular complexity index is 435. The van der Waals surface area contributed by atoms with E-state index in [1.54, 1.807) is 0 Å². The van der Waals surface area contributed by atoms with Crippen LogP contribution in [0.1, 0.15) is 0 Å². The Morgan fingerprint density at radius 3 is 2.00 bits per heavy atom. The first-order valence-electron chi connectivity index (χ1n) is 3.04. The highest BCUT2D eigenvalue weighted by Crippen LogP contribution is 2.38. The summed E-state index contributed by atoms with van der Waals surface area (Å²) in [5.41, 5.74) is 0. The van der Waals surface area contributed by atoms with Crippen LogP contribution in [0.25, 0.3) is 0 Å². The fourth-order valence-corrected chi connectivity index (χ4v) is 1.32. The summed E-state index contributed by atoms with van der Waals surface area (Å²) in [6, 6.07) is 1.49. The normalized spacial score (nSPS) is 11.5. The predicted octanol–water partition coefficient (Wildman–Crippen LogP) is -0.0774. The van der Waals surface area contributed by atoms with Crippen molar-refractivity contribution < 1.29 is 28.3 Å². The van der Waals surface area contributed by atoms with E-state index in [2.05, 4.69) is 0 Å². The summed E-state index contributed by atoms with van der Waals surface area (Å²) in [4.78, 5) is -0.970. The highest BCUT2D eigenvalue weighted by molar-refractivity contribution is 7.85. The van der Waals surface area contributed by atoms with E-state index < -0.39 is 32.3 Å². The van der Waals surface area contributed by atoms with Gasteiger partial charge in [0.25, 0.3) is 0 Å². The molecule has 0 heterocycles. The minimum absolute atomic E-state index is 0.701. The summed E-state index contributed by atoms with van der Waals surface area (Å²) in [6.45, 7) is 0. The fraction of sp³-hybridized carbons (Fsp3) is 0. The van der Waals surface area contributed by atoms with Crippen LogP contribution in [0.3, 0.4) is 0 Å². The maximum absolute atomic E-state index is 10.4. The molecule has 1 radical (unpaired) electrons. The van der Waals surface area contributed by atoms with E-state index in [0.717, 1.165) is 6.07 Å². The maximum atomic E-state index is 10.4. The average Bonchev–Trinajstić information content (AvgIpc) is 1.98. The Morgan fingerprint density at radius 2 is 1.54 bits per heavy atom. The topological polar surface area (TPSA) is 115 Å². The van der Waals surface area contributed by atoms with Crippen molar-refractivity contribution in [3.8, 4) is 17.2 Å². The second-order valence-corrected chi connectivity index (χ2v) is 3.58. The molecule has 0 aromatic heterocycles. The number of hydrogen-bond donors (Lipinski definition) is 3. The van der Waals surface area contributed by atoms with Crippen molar-refractivity contribution in [2.75, 3.05) is 0 Å². The standard InChI is InChI=1S/C6H5O6S/c7-3-1-2-4(13(10,11)12)6(9)5(3)8/h1-2,7-9H. The molecule has 1 aromatic carbocycles. The maximum Gasteiger partial charge on any atom is 0.328 e. The molecule has 3 N–H and O–H groups in total. The first-order valence-corrected chi connectivity index (χ1v) is 4.44. The van der Waals surface area contributed by atoms with E-state index in [0.29, 0.717) is 6.07 Å². The van der Waals surface area contributed by atoms with Crippen molar-refractivity contribution in [1.82, 2.24) is 0 Å². The predicted molar refractivity (Wildman–Crippen MR) is 39.3 cm³/mol. The molecule has 1 aromatic rings. The molecule has 1 rings (SSSR count). The third-order valence-corrected chi connectivity index (χ3v) is 2.23. The van der Waals surface area contributed by atoms with Crippen molar-refractivity contribution in [2.45, 2.75) is 4.90 Å². The van der Waals surface area contributed by atoms with Gasteiger partial charge >= 0.3 is 10.1 Å². The average molecular weight is 205 g/mol. The molecule has 0 unspecified atom stereocenters. The van der Waals surface area contributed by atoms with Gasteiger partial charge in [-0.05, 0) is 12.1 Å². The molecule has 7 heteroatoms. The molecule has 0 atom stereocenters. The minimum atomic E-state index is -4.84. The van der Waals surface area contributed by atoms with E-state index in [1.807, 2.05) is 0 Å². The third kappa shape index (κ3) is 1.65. The van der Waals surface area contributed by atoms with Gasteiger partial charge in [-0.1, -0.05) is 4.55 Å². The van der Waals surface area contributed by atoms with E-state index in [1.165, 1.54) is 0 Å². The first kappa shape index (κ1) is 9.62. The van der Waals surface area contributed by atoms with Gasteiger partial charge in [0.15, 0.2) is 11.5 Å². The molecule has 13 heavy (non-hydrogen) atoms. The Morgan fingerprint density at radius 1 is 1.00 bits per heavy atom. The summed E-state index contributed by atoms with van der Waals surface area (Å²) in [6.07, 6.45) is 0. The second-order valence-electron chi connectivity index (χ2n) is 2.23. The van der Waals surface area contributed by atoms with Gasteiger partial charge in [0, 0.05) is 0 Å². The largest absolute Gasteiger partial charge is 0.504 e. The van der Waals surface area contributed by atoms with Gasteiger partial charge in [-0.2, -0.15) is 8.42 Å². The molecular weight excluding hydrogens is 200 g/mol. The van der Waals surface area contributed by atoms with E-state index in [-0.39, 0.29) is 0 Å². The summed E-state index contributed by atoms with van der Waals surface area (Å²) >= 11 is 0. The molecule has 0 aliphatic heterocycles. The second kappa shape index (κ2) is 2.79. The number of phenolic OH excluding ortho intramolecular Hbond substituents is 3. The monoisotopic (exact) mass is 205 g/mol. The minimum Gasteiger partial charge on any atom is -0.504 e. The quantitative estimate of drug-likeness (QED) is 0.555. The number of aromatic hydroxyl groups is 3. The van der Waals surface area contributed by atoms with E-state index in [4.69, 9.17) is 15.3 Å². The summed E-state index contributed by atoms with van der Waals surface area (Å²) in [5, 5.41) is 26.6. The van der Waals surface area contributed by atoms with Crippen LogP contribution in [0.5, 0.6) is 17.2 Å². The van der Waals surface area contributed by atoms with Crippen molar-refractivity contribution >= 4 is 10.1 Å². The lowest BCUT2D eigenvalue weighted by Gasteiger charge is -2.02. The Balaban J connectivity index is 3.53. The lowest BCUT2D eigenvalue weighted by Crippen LogP contribution is -1.96. The third-order valence-electron chi connectivity index (χ3n) is 1.36. The van der Waals surface area contributed by atoms with Crippen LogP contribution in [-0.2, 0) is 14.7 Å². The Kier molecular flexibility index (Phi) is 2.06. The SMILES string of the molecule is [O]S(=O)(=O)c1ccc(O)c(O)c1O. The van der Waals surface area contributed by atoms with Gasteiger partial charge in [0.1, 0.15) is 4.90 Å². The molecule has 0 fully saturated rings. The van der Waals surface area contributed by atoms with Crippen LogP contribution in [-0.4, -0.2) is 23.7 Å². The highest BCUT2D eigenvalue weighted by Gasteiger charge is 2.21. The molecule has 71 valence electrons. The molecule has 0 bridgehead atoms. The van der Waals surface area contributed by atoms with Crippen LogP contribution in [0.4, 0.5) is 0 Å². The summed E-state index contributed by atoms with van der Waals surface area (Å²) in [5.74, 6) is -2.88. The van der Waals surface area contributed by atoms with Gasteiger partial charge in [-0.3, -0.25) is 0 Å². The number of hydrogen-bond acceptors (Lipinski definition) is 5. The molecule has 0 amide bonds. The van der Waals surface area contributed by atoms with Gasteiger partial charge in [-0.15, -0.1) is 0 Å². The molecular formula is C6H5O6S. The highest BCUT2D eigenvalue weighted by atomic mass is 32.2. The Hall–Kier alpha value is -1.47. The van der Waals surface area contributed by atoms with Crippen molar-refractivity contribution in [1.29, 1.82) is 0 Å². The summed E-state index contributed by atoms with van der Waals surface area (Å²) in [7, 11) is -4.84. The van der Waals surface area contributed by atoms with Gasteiger partial charge in [0.2, 0.25) is 5.75 Å². The van der Waals surface area contributed by atoms with Crippen LogP contribution in [0, 0.1) is 0 Å². The Labute approximate surface area is 73.4 Å².